The van der Waals surface area contributed by atoms with Gasteiger partial charge >= 0.3 is 5.97 Å². The molecule has 1 heterocycles. The highest BCUT2D eigenvalue weighted by atomic mass is 16.4. The summed E-state index contributed by atoms with van der Waals surface area (Å²) in [4.78, 5) is 36.7. The number of fused-ring (bicyclic) bond motifs is 1. The minimum Gasteiger partial charge on any atom is -0.476 e. The number of carboxylic acids is 1. The zero-order valence-electron chi connectivity index (χ0n) is 14.3. The first-order chi connectivity index (χ1) is 12.4. The Balaban J connectivity index is 2.02. The van der Waals surface area contributed by atoms with E-state index in [1.54, 1.807) is 24.3 Å². The zero-order valence-corrected chi connectivity index (χ0v) is 14.3. The molecule has 0 aliphatic rings. The molecule has 7 heteroatoms. The number of carbonyl (C=O) groups excluding carboxylic acids is 1. The van der Waals surface area contributed by atoms with Crippen LogP contribution in [0.5, 0.6) is 0 Å². The highest BCUT2D eigenvalue weighted by Gasteiger charge is 2.22. The van der Waals surface area contributed by atoms with Crippen LogP contribution < -0.4 is 10.9 Å². The molecule has 2 N–H and O–H groups in total. The summed E-state index contributed by atoms with van der Waals surface area (Å²) in [7, 11) is 0. The van der Waals surface area contributed by atoms with Crippen LogP contribution in [0.2, 0.25) is 0 Å². The summed E-state index contributed by atoms with van der Waals surface area (Å²) in [5.74, 6) is -1.73. The average molecular weight is 351 g/mol. The maximum Gasteiger partial charge on any atom is 0.357 e. The number of aryl methyl sites for hydroxylation is 1. The minimum atomic E-state index is -1.26. The number of hydrogen-bond acceptors (Lipinski definition) is 4. The number of carbonyl (C=O) groups is 2. The summed E-state index contributed by atoms with van der Waals surface area (Å²) in [5.41, 5.74) is 0.849. The lowest BCUT2D eigenvalue weighted by molar-refractivity contribution is -0.119. The van der Waals surface area contributed by atoms with Gasteiger partial charge in [0, 0.05) is 11.1 Å². The van der Waals surface area contributed by atoms with Gasteiger partial charge in [-0.25, -0.2) is 9.48 Å². The standard InChI is InChI=1S/C19H17N3O4/c1-11-7-9-13(10-8-11)20-17(23)12(2)22-18(24)15-6-4-3-5-14(15)16(21-22)19(25)26/h3-10,12H,1-2H3,(H,20,23)(H,25,26). The van der Waals surface area contributed by atoms with Gasteiger partial charge in [0.1, 0.15) is 6.04 Å². The first-order valence-corrected chi connectivity index (χ1v) is 8.01. The SMILES string of the molecule is Cc1ccc(NC(=O)C(C)n2nc(C(=O)O)c3ccccc3c2=O)cc1. The Morgan fingerprint density at radius 2 is 1.69 bits per heavy atom. The number of carboxylic acid groups (broad SMARTS) is 1. The van der Waals surface area contributed by atoms with Crippen LogP contribution in [-0.4, -0.2) is 26.8 Å². The molecule has 0 saturated heterocycles. The van der Waals surface area contributed by atoms with E-state index in [9.17, 15) is 19.5 Å². The van der Waals surface area contributed by atoms with Crippen molar-refractivity contribution in [2.24, 2.45) is 0 Å². The van der Waals surface area contributed by atoms with Gasteiger partial charge in [0.2, 0.25) is 5.91 Å². The Morgan fingerprint density at radius 3 is 2.31 bits per heavy atom. The Hall–Kier alpha value is -3.48. The maximum atomic E-state index is 12.7. The fourth-order valence-electron chi connectivity index (χ4n) is 2.62. The third kappa shape index (κ3) is 3.19. The first-order valence-electron chi connectivity index (χ1n) is 8.01. The fraction of sp³-hybridized carbons (Fsp3) is 0.158. The summed E-state index contributed by atoms with van der Waals surface area (Å²) < 4.78 is 0.912. The van der Waals surface area contributed by atoms with E-state index in [0.717, 1.165) is 10.2 Å². The summed E-state index contributed by atoms with van der Waals surface area (Å²) in [5, 5.41) is 16.5. The van der Waals surface area contributed by atoms with Gasteiger partial charge in [-0.3, -0.25) is 9.59 Å². The van der Waals surface area contributed by atoms with Crippen LogP contribution in [0.1, 0.15) is 29.0 Å². The van der Waals surface area contributed by atoms with Crippen LogP contribution in [0.3, 0.4) is 0 Å². The number of benzene rings is 2. The lowest BCUT2D eigenvalue weighted by Crippen LogP contribution is -2.34. The van der Waals surface area contributed by atoms with Crippen LogP contribution in [0.4, 0.5) is 5.69 Å². The smallest absolute Gasteiger partial charge is 0.357 e. The van der Waals surface area contributed by atoms with Gasteiger partial charge in [-0.1, -0.05) is 35.9 Å². The molecule has 3 aromatic rings. The highest BCUT2D eigenvalue weighted by molar-refractivity contribution is 6.01. The van der Waals surface area contributed by atoms with Crippen molar-refractivity contribution in [2.45, 2.75) is 19.9 Å². The quantitative estimate of drug-likeness (QED) is 0.752. The van der Waals surface area contributed by atoms with E-state index in [4.69, 9.17) is 0 Å². The lowest BCUT2D eigenvalue weighted by atomic mass is 10.1. The summed E-state index contributed by atoms with van der Waals surface area (Å²) in [6, 6.07) is 12.5. The number of aromatic nitrogens is 2. The van der Waals surface area contributed by atoms with Crippen molar-refractivity contribution in [1.29, 1.82) is 0 Å². The molecule has 132 valence electrons. The topological polar surface area (TPSA) is 101 Å². The van der Waals surface area contributed by atoms with E-state index < -0.39 is 23.5 Å². The van der Waals surface area contributed by atoms with Crippen molar-refractivity contribution >= 4 is 28.3 Å². The highest BCUT2D eigenvalue weighted by Crippen LogP contribution is 2.16. The van der Waals surface area contributed by atoms with Gasteiger partial charge in [-0.15, -0.1) is 0 Å². The van der Waals surface area contributed by atoms with Crippen LogP contribution in [0.15, 0.2) is 53.3 Å². The van der Waals surface area contributed by atoms with Crippen molar-refractivity contribution in [2.75, 3.05) is 5.32 Å². The molecule has 0 saturated carbocycles. The molecule has 2 aromatic carbocycles. The number of nitrogens with zero attached hydrogens (tertiary/aromatic N) is 2. The van der Waals surface area contributed by atoms with E-state index in [-0.39, 0.29) is 16.5 Å². The van der Waals surface area contributed by atoms with Gasteiger partial charge < -0.3 is 10.4 Å². The number of hydrogen-bond donors (Lipinski definition) is 2. The molecule has 1 amide bonds. The van der Waals surface area contributed by atoms with E-state index in [1.807, 2.05) is 19.1 Å². The molecule has 26 heavy (non-hydrogen) atoms. The number of aromatic carboxylic acids is 1. The van der Waals surface area contributed by atoms with Gasteiger partial charge in [-0.2, -0.15) is 5.10 Å². The number of anilines is 1. The van der Waals surface area contributed by atoms with Crippen molar-refractivity contribution in [1.82, 2.24) is 9.78 Å². The third-order valence-corrected chi connectivity index (χ3v) is 4.10. The van der Waals surface area contributed by atoms with E-state index >= 15 is 0 Å². The number of amides is 1. The molecule has 3 rings (SSSR count). The second-order valence-electron chi connectivity index (χ2n) is 5.98. The predicted molar refractivity (Wildman–Crippen MR) is 97.5 cm³/mol. The Kier molecular flexibility index (Phi) is 4.53. The molecule has 0 fully saturated rings. The normalized spacial score (nSPS) is 11.9. The van der Waals surface area contributed by atoms with Crippen LogP contribution in [-0.2, 0) is 4.79 Å². The molecule has 7 nitrogen and oxygen atoms in total. The van der Waals surface area contributed by atoms with E-state index in [1.165, 1.54) is 19.1 Å². The zero-order chi connectivity index (χ0) is 18.8. The van der Waals surface area contributed by atoms with E-state index in [2.05, 4.69) is 10.4 Å². The largest absolute Gasteiger partial charge is 0.476 e. The predicted octanol–water partition coefficient (Wildman–Crippen LogP) is 2.60. The molecule has 1 aromatic heterocycles. The van der Waals surface area contributed by atoms with Gasteiger partial charge in [0.25, 0.3) is 5.56 Å². The molecule has 0 spiro atoms. The second kappa shape index (κ2) is 6.79. The molecular weight excluding hydrogens is 334 g/mol. The Labute approximate surface area is 148 Å². The van der Waals surface area contributed by atoms with Gasteiger partial charge in [-0.05, 0) is 32.0 Å². The Bertz CT molecular complexity index is 1050. The van der Waals surface area contributed by atoms with Gasteiger partial charge in [0.15, 0.2) is 5.69 Å². The maximum absolute atomic E-state index is 12.7. The molecule has 0 aliphatic carbocycles. The van der Waals surface area contributed by atoms with Crippen LogP contribution >= 0.6 is 0 Å². The molecule has 0 radical (unpaired) electrons. The number of nitrogens with one attached hydrogen (secondary N) is 1. The second-order valence-corrected chi connectivity index (χ2v) is 5.98. The molecule has 1 unspecified atom stereocenters. The Morgan fingerprint density at radius 1 is 1.08 bits per heavy atom. The molecule has 0 aliphatic heterocycles. The third-order valence-electron chi connectivity index (χ3n) is 4.10. The van der Waals surface area contributed by atoms with Crippen LogP contribution in [0, 0.1) is 6.92 Å². The average Bonchev–Trinajstić information content (AvgIpc) is 2.63. The minimum absolute atomic E-state index is 0.204. The van der Waals surface area contributed by atoms with Crippen molar-refractivity contribution in [3.05, 3.63) is 70.1 Å². The monoisotopic (exact) mass is 351 g/mol. The molecule has 1 atom stereocenters. The van der Waals surface area contributed by atoms with Crippen molar-refractivity contribution in [3.8, 4) is 0 Å². The van der Waals surface area contributed by atoms with Gasteiger partial charge in [0.05, 0.1) is 5.39 Å². The molecular formula is C19H17N3O4. The number of rotatable bonds is 4. The molecule has 0 bridgehead atoms. The van der Waals surface area contributed by atoms with E-state index in [0.29, 0.717) is 5.69 Å². The summed E-state index contributed by atoms with van der Waals surface area (Å²) in [6.07, 6.45) is 0. The summed E-state index contributed by atoms with van der Waals surface area (Å²) >= 11 is 0. The van der Waals surface area contributed by atoms with Crippen LogP contribution in [0.25, 0.3) is 10.8 Å². The van der Waals surface area contributed by atoms with Crippen molar-refractivity contribution in [3.63, 3.8) is 0 Å². The first kappa shape index (κ1) is 17.3. The van der Waals surface area contributed by atoms with Crippen molar-refractivity contribution < 1.29 is 14.7 Å². The summed E-state index contributed by atoms with van der Waals surface area (Å²) in [6.45, 7) is 3.43. The lowest BCUT2D eigenvalue weighted by Gasteiger charge is -2.16. The fourth-order valence-corrected chi connectivity index (χ4v) is 2.62.